The number of thiocarbonyl (C=S) groups is 1. The Kier molecular flexibility index (Phi) is 9.53. The van der Waals surface area contributed by atoms with Gasteiger partial charge in [-0.05, 0) is 10.6 Å². The van der Waals surface area contributed by atoms with E-state index in [4.69, 9.17) is 0 Å². The molecule has 0 aliphatic rings. The van der Waals surface area contributed by atoms with E-state index < -0.39 is 0 Å². The molecule has 11 heavy (non-hydrogen) atoms. The SMILES string of the molecule is O.[K+].[O-]C(=S)c1ccccc1. The minimum absolute atomic E-state index is 0. The third kappa shape index (κ3) is 5.03. The molecular formula is C7H7KO2S. The second-order valence-corrected chi connectivity index (χ2v) is 2.02. The summed E-state index contributed by atoms with van der Waals surface area (Å²) in [7, 11) is 0. The zero-order chi connectivity index (χ0) is 6.69. The molecule has 0 bridgehead atoms. The van der Waals surface area contributed by atoms with Gasteiger partial charge in [-0.1, -0.05) is 42.5 Å². The molecule has 0 amide bonds. The third-order valence-electron chi connectivity index (χ3n) is 1.01. The first-order valence-corrected chi connectivity index (χ1v) is 2.98. The van der Waals surface area contributed by atoms with E-state index in [0.29, 0.717) is 5.56 Å². The number of hydrogen-bond acceptors (Lipinski definition) is 2. The molecule has 0 radical (unpaired) electrons. The summed E-state index contributed by atoms with van der Waals surface area (Å²) in [6.07, 6.45) is 0. The van der Waals surface area contributed by atoms with Crippen molar-refractivity contribution in [2.45, 2.75) is 0 Å². The summed E-state index contributed by atoms with van der Waals surface area (Å²) in [4.78, 5) is 0. The maximum atomic E-state index is 10.5. The molecule has 0 heterocycles. The molecule has 4 heteroatoms. The summed E-state index contributed by atoms with van der Waals surface area (Å²) in [5, 5.41) is 10.2. The van der Waals surface area contributed by atoms with Crippen molar-refractivity contribution in [2.75, 3.05) is 0 Å². The Morgan fingerprint density at radius 1 is 1.18 bits per heavy atom. The number of rotatable bonds is 1. The Morgan fingerprint density at radius 2 is 1.64 bits per heavy atom. The summed E-state index contributed by atoms with van der Waals surface area (Å²) in [6, 6.07) is 8.84. The van der Waals surface area contributed by atoms with E-state index >= 15 is 0 Å². The minimum Gasteiger partial charge on any atom is -0.864 e. The Morgan fingerprint density at radius 3 is 1.91 bits per heavy atom. The molecule has 0 aliphatic heterocycles. The van der Waals surface area contributed by atoms with Crippen LogP contribution in [0.15, 0.2) is 30.3 Å². The Bertz CT molecular complexity index is 213. The van der Waals surface area contributed by atoms with Crippen molar-refractivity contribution < 1.29 is 62.0 Å². The maximum Gasteiger partial charge on any atom is 1.00 e. The monoisotopic (exact) mass is 194 g/mol. The van der Waals surface area contributed by atoms with Gasteiger partial charge in [-0.25, -0.2) is 0 Å². The summed E-state index contributed by atoms with van der Waals surface area (Å²) in [6.45, 7) is 0. The molecule has 0 spiro atoms. The fraction of sp³-hybridized carbons (Fsp3) is 0. The molecule has 0 atom stereocenters. The van der Waals surface area contributed by atoms with Gasteiger partial charge in [0.1, 0.15) is 0 Å². The molecule has 2 N–H and O–H groups in total. The normalized spacial score (nSPS) is 7.27. The minimum atomic E-state index is -0.296. The standard InChI is InChI=1S/C7H6OS.K.H2O/c8-7(9)6-4-2-1-3-5-6;;/h1-5H,(H,8,9);;1H2/q;+1;/p-1. The predicted molar refractivity (Wildman–Crippen MR) is 41.8 cm³/mol. The van der Waals surface area contributed by atoms with Crippen LogP contribution in [0.5, 0.6) is 0 Å². The summed E-state index contributed by atoms with van der Waals surface area (Å²) < 4.78 is 0. The van der Waals surface area contributed by atoms with E-state index in [-0.39, 0.29) is 61.9 Å². The first kappa shape index (κ1) is 14.2. The van der Waals surface area contributed by atoms with Gasteiger partial charge < -0.3 is 10.6 Å². The van der Waals surface area contributed by atoms with Crippen LogP contribution in [-0.2, 0) is 0 Å². The Labute approximate surface area is 113 Å². The molecule has 0 aromatic heterocycles. The van der Waals surface area contributed by atoms with Crippen LogP contribution < -0.4 is 56.5 Å². The van der Waals surface area contributed by atoms with Crippen LogP contribution in [-0.4, -0.2) is 10.5 Å². The van der Waals surface area contributed by atoms with Gasteiger partial charge >= 0.3 is 51.4 Å². The smallest absolute Gasteiger partial charge is 0.864 e. The second-order valence-electron chi connectivity index (χ2n) is 1.65. The van der Waals surface area contributed by atoms with Crippen LogP contribution in [0.1, 0.15) is 5.56 Å². The van der Waals surface area contributed by atoms with Gasteiger partial charge in [-0.3, -0.25) is 0 Å². The van der Waals surface area contributed by atoms with Gasteiger partial charge in [-0.2, -0.15) is 0 Å². The van der Waals surface area contributed by atoms with Crippen LogP contribution in [0.2, 0.25) is 0 Å². The molecular weight excluding hydrogens is 187 g/mol. The third-order valence-corrected chi connectivity index (χ3v) is 1.25. The van der Waals surface area contributed by atoms with Crippen molar-refractivity contribution in [3.8, 4) is 0 Å². The molecule has 1 rings (SSSR count). The summed E-state index contributed by atoms with van der Waals surface area (Å²) >= 11 is 4.41. The van der Waals surface area contributed by atoms with E-state index in [2.05, 4.69) is 12.2 Å². The van der Waals surface area contributed by atoms with Crippen LogP contribution in [0.4, 0.5) is 0 Å². The van der Waals surface area contributed by atoms with E-state index in [1.807, 2.05) is 6.07 Å². The molecule has 0 fully saturated rings. The van der Waals surface area contributed by atoms with E-state index in [1.165, 1.54) is 0 Å². The van der Waals surface area contributed by atoms with Crippen LogP contribution >= 0.6 is 12.2 Å². The Hall–Kier alpha value is 0.706. The first-order chi connectivity index (χ1) is 4.30. The van der Waals surface area contributed by atoms with Crippen molar-refractivity contribution >= 4 is 17.3 Å². The van der Waals surface area contributed by atoms with Gasteiger partial charge in [0.15, 0.2) is 0 Å². The largest absolute Gasteiger partial charge is 1.00 e. The molecule has 1 aromatic carbocycles. The van der Waals surface area contributed by atoms with E-state index in [1.54, 1.807) is 24.3 Å². The molecule has 0 saturated heterocycles. The molecule has 1 aromatic rings. The molecule has 54 valence electrons. The van der Waals surface area contributed by atoms with Crippen molar-refractivity contribution in [2.24, 2.45) is 0 Å². The van der Waals surface area contributed by atoms with Crippen molar-refractivity contribution in [1.82, 2.24) is 0 Å². The molecule has 0 unspecified atom stereocenters. The summed E-state index contributed by atoms with van der Waals surface area (Å²) in [5.41, 5.74) is 0.590. The van der Waals surface area contributed by atoms with Crippen molar-refractivity contribution in [3.63, 3.8) is 0 Å². The van der Waals surface area contributed by atoms with Crippen LogP contribution in [0, 0.1) is 0 Å². The number of benzene rings is 1. The van der Waals surface area contributed by atoms with Gasteiger partial charge in [0.2, 0.25) is 0 Å². The van der Waals surface area contributed by atoms with E-state index in [0.717, 1.165) is 0 Å². The van der Waals surface area contributed by atoms with E-state index in [9.17, 15) is 5.11 Å². The average molecular weight is 194 g/mol. The molecule has 0 aliphatic carbocycles. The van der Waals surface area contributed by atoms with Crippen molar-refractivity contribution in [1.29, 1.82) is 0 Å². The van der Waals surface area contributed by atoms with Crippen LogP contribution in [0.25, 0.3) is 0 Å². The summed E-state index contributed by atoms with van der Waals surface area (Å²) in [5.74, 6) is 0. The second kappa shape index (κ2) is 7.36. The fourth-order valence-corrected chi connectivity index (χ4v) is 0.710. The van der Waals surface area contributed by atoms with Gasteiger partial charge in [0.05, 0.1) is 0 Å². The van der Waals surface area contributed by atoms with Crippen LogP contribution in [0.3, 0.4) is 0 Å². The zero-order valence-electron chi connectivity index (χ0n) is 6.20. The molecule has 2 nitrogen and oxygen atoms in total. The molecule has 0 saturated carbocycles. The van der Waals surface area contributed by atoms with Gasteiger partial charge in [-0.15, -0.1) is 0 Å². The average Bonchev–Trinajstić information content (AvgIpc) is 1.90. The zero-order valence-corrected chi connectivity index (χ0v) is 10.1. The number of hydrogen-bond donors (Lipinski definition) is 0. The quantitative estimate of drug-likeness (QED) is 0.351. The first-order valence-electron chi connectivity index (χ1n) is 2.57. The maximum absolute atomic E-state index is 10.5. The van der Waals surface area contributed by atoms with Crippen molar-refractivity contribution in [3.05, 3.63) is 35.9 Å². The van der Waals surface area contributed by atoms with Gasteiger partial charge in [0, 0.05) is 0 Å². The topological polar surface area (TPSA) is 54.6 Å². The van der Waals surface area contributed by atoms with Gasteiger partial charge in [0.25, 0.3) is 0 Å². The fourth-order valence-electron chi connectivity index (χ4n) is 0.574. The Balaban J connectivity index is 0. The predicted octanol–water partition coefficient (Wildman–Crippen LogP) is -3.10.